The molecule has 0 radical (unpaired) electrons. The molecule has 2 rings (SSSR count). The van der Waals surface area contributed by atoms with E-state index in [0.717, 1.165) is 17.7 Å². The number of carbonyl (C=O) groups excluding carboxylic acids is 1. The SMILES string of the molecule is COc1cc(C(=O)Nc2ccc(F)c(F)c2)cc(OC)c1C. The van der Waals surface area contributed by atoms with Gasteiger partial charge in [0, 0.05) is 22.9 Å². The van der Waals surface area contributed by atoms with Crippen LogP contribution in [-0.4, -0.2) is 20.1 Å². The Morgan fingerprint density at radius 2 is 1.59 bits per heavy atom. The summed E-state index contributed by atoms with van der Waals surface area (Å²) in [6.45, 7) is 1.80. The van der Waals surface area contributed by atoms with Crippen molar-refractivity contribution in [3.8, 4) is 11.5 Å². The largest absolute Gasteiger partial charge is 0.496 e. The second-order valence-electron chi connectivity index (χ2n) is 4.59. The lowest BCUT2D eigenvalue weighted by Crippen LogP contribution is -2.13. The molecule has 0 saturated heterocycles. The zero-order chi connectivity index (χ0) is 16.3. The molecule has 0 aliphatic carbocycles. The van der Waals surface area contributed by atoms with Gasteiger partial charge in [-0.05, 0) is 31.2 Å². The van der Waals surface area contributed by atoms with Gasteiger partial charge in [-0.3, -0.25) is 4.79 Å². The van der Waals surface area contributed by atoms with Gasteiger partial charge in [-0.15, -0.1) is 0 Å². The van der Waals surface area contributed by atoms with Crippen LogP contribution in [0.3, 0.4) is 0 Å². The molecule has 4 nitrogen and oxygen atoms in total. The van der Waals surface area contributed by atoms with Crippen LogP contribution in [0, 0.1) is 18.6 Å². The second kappa shape index (κ2) is 6.43. The van der Waals surface area contributed by atoms with E-state index < -0.39 is 17.5 Å². The molecule has 0 spiro atoms. The third-order valence-electron chi connectivity index (χ3n) is 3.19. The van der Waals surface area contributed by atoms with Crippen molar-refractivity contribution in [2.24, 2.45) is 0 Å². The Morgan fingerprint density at radius 1 is 1.00 bits per heavy atom. The lowest BCUT2D eigenvalue weighted by atomic mass is 10.1. The molecular weight excluding hydrogens is 292 g/mol. The number of methoxy groups -OCH3 is 2. The molecule has 22 heavy (non-hydrogen) atoms. The first-order valence-corrected chi connectivity index (χ1v) is 6.45. The number of ether oxygens (including phenoxy) is 2. The molecule has 0 aromatic heterocycles. The molecule has 0 saturated carbocycles. The molecular formula is C16H15F2NO3. The molecule has 0 unspecified atom stereocenters. The summed E-state index contributed by atoms with van der Waals surface area (Å²) in [5, 5.41) is 2.49. The quantitative estimate of drug-likeness (QED) is 0.940. The van der Waals surface area contributed by atoms with Crippen molar-refractivity contribution in [2.75, 3.05) is 19.5 Å². The second-order valence-corrected chi connectivity index (χ2v) is 4.59. The van der Waals surface area contributed by atoms with Crippen LogP contribution >= 0.6 is 0 Å². The number of carbonyl (C=O) groups is 1. The highest BCUT2D eigenvalue weighted by Crippen LogP contribution is 2.29. The number of hydrogen-bond acceptors (Lipinski definition) is 3. The number of rotatable bonds is 4. The number of benzene rings is 2. The fourth-order valence-corrected chi connectivity index (χ4v) is 1.99. The summed E-state index contributed by atoms with van der Waals surface area (Å²) in [6, 6.07) is 6.23. The van der Waals surface area contributed by atoms with Crippen molar-refractivity contribution >= 4 is 11.6 Å². The Labute approximate surface area is 126 Å². The standard InChI is InChI=1S/C16H15F2NO3/c1-9-14(21-2)6-10(7-15(9)22-3)16(20)19-11-4-5-12(17)13(18)8-11/h4-8H,1-3H3,(H,19,20). The summed E-state index contributed by atoms with van der Waals surface area (Å²) >= 11 is 0. The monoisotopic (exact) mass is 307 g/mol. The highest BCUT2D eigenvalue weighted by atomic mass is 19.2. The Morgan fingerprint density at radius 3 is 2.09 bits per heavy atom. The summed E-state index contributed by atoms with van der Waals surface area (Å²) in [6.07, 6.45) is 0. The highest BCUT2D eigenvalue weighted by Gasteiger charge is 2.14. The molecule has 0 heterocycles. The van der Waals surface area contributed by atoms with Gasteiger partial charge >= 0.3 is 0 Å². The Hall–Kier alpha value is -2.63. The predicted molar refractivity (Wildman–Crippen MR) is 78.6 cm³/mol. The van der Waals surface area contributed by atoms with Crippen molar-refractivity contribution in [3.63, 3.8) is 0 Å². The molecule has 0 aliphatic heterocycles. The van der Waals surface area contributed by atoms with E-state index in [1.807, 2.05) is 0 Å². The fraction of sp³-hybridized carbons (Fsp3) is 0.188. The number of hydrogen-bond donors (Lipinski definition) is 1. The average molecular weight is 307 g/mol. The number of anilines is 1. The van der Waals surface area contributed by atoms with E-state index in [9.17, 15) is 13.6 Å². The summed E-state index contributed by atoms with van der Waals surface area (Å²) in [7, 11) is 2.97. The van der Waals surface area contributed by atoms with Crippen molar-refractivity contribution in [2.45, 2.75) is 6.92 Å². The zero-order valence-corrected chi connectivity index (χ0v) is 12.4. The topological polar surface area (TPSA) is 47.6 Å². The van der Waals surface area contributed by atoms with Gasteiger partial charge in [0.2, 0.25) is 0 Å². The van der Waals surface area contributed by atoms with Crippen LogP contribution in [0.2, 0.25) is 0 Å². The van der Waals surface area contributed by atoms with Crippen molar-refractivity contribution in [1.29, 1.82) is 0 Å². The molecule has 0 fully saturated rings. The van der Waals surface area contributed by atoms with Crippen LogP contribution in [0.25, 0.3) is 0 Å². The van der Waals surface area contributed by atoms with Crippen LogP contribution in [0.15, 0.2) is 30.3 Å². The smallest absolute Gasteiger partial charge is 0.255 e. The summed E-state index contributed by atoms with van der Waals surface area (Å²) in [4.78, 5) is 12.2. The zero-order valence-electron chi connectivity index (χ0n) is 12.4. The van der Waals surface area contributed by atoms with Crippen LogP contribution in [0.5, 0.6) is 11.5 Å². The predicted octanol–water partition coefficient (Wildman–Crippen LogP) is 3.54. The first-order valence-electron chi connectivity index (χ1n) is 6.45. The first-order chi connectivity index (χ1) is 10.5. The molecule has 2 aromatic carbocycles. The molecule has 2 aromatic rings. The summed E-state index contributed by atoms with van der Waals surface area (Å²) < 4.78 is 36.4. The lowest BCUT2D eigenvalue weighted by molar-refractivity contribution is 0.102. The first kappa shape index (κ1) is 15.8. The molecule has 1 N–H and O–H groups in total. The molecule has 116 valence electrons. The molecule has 1 amide bonds. The third-order valence-corrected chi connectivity index (χ3v) is 3.19. The Bertz CT molecular complexity index is 692. The van der Waals surface area contributed by atoms with E-state index in [1.54, 1.807) is 19.1 Å². The van der Waals surface area contributed by atoms with Gasteiger partial charge in [-0.2, -0.15) is 0 Å². The van der Waals surface area contributed by atoms with Crippen molar-refractivity contribution < 1.29 is 23.0 Å². The minimum atomic E-state index is -1.03. The molecule has 0 atom stereocenters. The molecule has 6 heteroatoms. The third kappa shape index (κ3) is 3.16. The van der Waals surface area contributed by atoms with E-state index in [-0.39, 0.29) is 11.3 Å². The summed E-state index contributed by atoms with van der Waals surface area (Å²) in [5.74, 6) is -1.50. The van der Waals surface area contributed by atoms with Gasteiger partial charge in [0.15, 0.2) is 11.6 Å². The van der Waals surface area contributed by atoms with Gasteiger partial charge in [-0.1, -0.05) is 0 Å². The van der Waals surface area contributed by atoms with Crippen LogP contribution in [0.1, 0.15) is 15.9 Å². The van der Waals surface area contributed by atoms with Crippen molar-refractivity contribution in [3.05, 3.63) is 53.1 Å². The molecule has 0 aliphatic rings. The average Bonchev–Trinajstić information content (AvgIpc) is 2.51. The molecule has 0 bridgehead atoms. The van der Waals surface area contributed by atoms with Gasteiger partial charge in [0.05, 0.1) is 14.2 Å². The van der Waals surface area contributed by atoms with Gasteiger partial charge < -0.3 is 14.8 Å². The normalized spacial score (nSPS) is 10.2. The maximum absolute atomic E-state index is 13.2. The fourth-order valence-electron chi connectivity index (χ4n) is 1.99. The lowest BCUT2D eigenvalue weighted by Gasteiger charge is -2.12. The van der Waals surface area contributed by atoms with Crippen LogP contribution < -0.4 is 14.8 Å². The van der Waals surface area contributed by atoms with E-state index in [2.05, 4.69) is 5.32 Å². The Balaban J connectivity index is 2.31. The minimum absolute atomic E-state index is 0.155. The van der Waals surface area contributed by atoms with Crippen molar-refractivity contribution in [1.82, 2.24) is 0 Å². The number of halogens is 2. The number of amides is 1. The van der Waals surface area contributed by atoms with E-state index >= 15 is 0 Å². The van der Waals surface area contributed by atoms with E-state index in [0.29, 0.717) is 11.5 Å². The van der Waals surface area contributed by atoms with Crippen LogP contribution in [-0.2, 0) is 0 Å². The highest BCUT2D eigenvalue weighted by molar-refractivity contribution is 6.04. The maximum Gasteiger partial charge on any atom is 0.255 e. The van der Waals surface area contributed by atoms with E-state index in [1.165, 1.54) is 20.3 Å². The van der Waals surface area contributed by atoms with Gasteiger partial charge in [0.25, 0.3) is 5.91 Å². The van der Waals surface area contributed by atoms with Crippen LogP contribution in [0.4, 0.5) is 14.5 Å². The summed E-state index contributed by atoms with van der Waals surface area (Å²) in [5.41, 5.74) is 1.20. The van der Waals surface area contributed by atoms with Gasteiger partial charge in [-0.25, -0.2) is 8.78 Å². The van der Waals surface area contributed by atoms with Gasteiger partial charge in [0.1, 0.15) is 11.5 Å². The number of nitrogens with one attached hydrogen (secondary N) is 1. The van der Waals surface area contributed by atoms with E-state index in [4.69, 9.17) is 9.47 Å². The maximum atomic E-state index is 13.2. The Kier molecular flexibility index (Phi) is 4.60. The minimum Gasteiger partial charge on any atom is -0.496 e.